The fourth-order valence-corrected chi connectivity index (χ4v) is 4.10. The van der Waals surface area contributed by atoms with E-state index in [9.17, 15) is 13.6 Å². The Labute approximate surface area is 184 Å². The van der Waals surface area contributed by atoms with E-state index in [0.29, 0.717) is 30.0 Å². The van der Waals surface area contributed by atoms with Crippen LogP contribution in [0.2, 0.25) is 0 Å². The van der Waals surface area contributed by atoms with Gasteiger partial charge in [0, 0.05) is 29.6 Å². The molecule has 164 valence electrons. The number of benzene rings is 2. The van der Waals surface area contributed by atoms with E-state index in [-0.39, 0.29) is 17.3 Å². The first kappa shape index (κ1) is 19.4. The number of aromatic nitrogens is 4. The van der Waals surface area contributed by atoms with Crippen molar-refractivity contribution in [3.8, 4) is 11.5 Å². The second kappa shape index (κ2) is 7.37. The summed E-state index contributed by atoms with van der Waals surface area (Å²) < 4.78 is 38.4. The topological polar surface area (TPSA) is 101 Å². The minimum atomic E-state index is -1.05. The Bertz CT molecular complexity index is 1470. The third-order valence-electron chi connectivity index (χ3n) is 5.67. The normalized spacial score (nSPS) is 15.7. The highest BCUT2D eigenvalue weighted by molar-refractivity contribution is 5.90. The molecule has 1 aliphatic rings. The Kier molecular flexibility index (Phi) is 4.32. The van der Waals surface area contributed by atoms with Crippen molar-refractivity contribution in [1.82, 2.24) is 25.1 Å². The van der Waals surface area contributed by atoms with Gasteiger partial charge in [-0.05, 0) is 30.3 Å². The van der Waals surface area contributed by atoms with Gasteiger partial charge in [-0.25, -0.2) is 13.8 Å². The summed E-state index contributed by atoms with van der Waals surface area (Å²) in [7, 11) is 0. The number of nitrogens with one attached hydrogen (secondary N) is 1. The maximum absolute atomic E-state index is 13.6. The second-order valence-electron chi connectivity index (χ2n) is 7.65. The number of aromatic amines is 1. The van der Waals surface area contributed by atoms with Crippen LogP contribution in [0, 0.1) is 11.6 Å². The Hall–Kier alpha value is -4.34. The van der Waals surface area contributed by atoms with Crippen LogP contribution < -0.4 is 0 Å². The lowest BCUT2D eigenvalue weighted by Crippen LogP contribution is -2.40. The number of hydrogen-bond acceptors (Lipinski definition) is 6. The van der Waals surface area contributed by atoms with Gasteiger partial charge >= 0.3 is 11.8 Å². The first-order chi connectivity index (χ1) is 16.1. The third kappa shape index (κ3) is 3.18. The van der Waals surface area contributed by atoms with E-state index >= 15 is 0 Å². The van der Waals surface area contributed by atoms with Crippen LogP contribution in [0.3, 0.4) is 0 Å². The minimum Gasteiger partial charge on any atom is -0.458 e. The molecule has 1 amide bonds. The van der Waals surface area contributed by atoms with Gasteiger partial charge in [0.2, 0.25) is 5.89 Å². The van der Waals surface area contributed by atoms with Crippen molar-refractivity contribution < 1.29 is 22.4 Å². The molecule has 1 atom stereocenters. The number of fused-ring (bicyclic) bond motifs is 2. The van der Waals surface area contributed by atoms with Crippen molar-refractivity contribution in [2.24, 2.45) is 0 Å². The number of imidazole rings is 1. The maximum atomic E-state index is 13.6. The average molecular weight is 447 g/mol. The number of H-pyrrole nitrogens is 1. The van der Waals surface area contributed by atoms with Gasteiger partial charge in [-0.15, -0.1) is 10.2 Å². The summed E-state index contributed by atoms with van der Waals surface area (Å²) in [5, 5.41) is 8.60. The number of rotatable bonds is 3. The first-order valence-corrected chi connectivity index (χ1v) is 10.2. The van der Waals surface area contributed by atoms with E-state index in [0.717, 1.165) is 23.2 Å². The number of carbonyl (C=O) groups excluding carboxylic acids is 1. The molecule has 0 saturated heterocycles. The molecule has 2 aromatic carbocycles. The molecular formula is C23H15F2N5O3. The van der Waals surface area contributed by atoms with Gasteiger partial charge in [0.15, 0.2) is 11.6 Å². The molecule has 0 unspecified atom stereocenters. The van der Waals surface area contributed by atoms with Crippen LogP contribution >= 0.6 is 0 Å². The molecule has 0 saturated carbocycles. The fraction of sp³-hybridized carbons (Fsp3) is 0.130. The van der Waals surface area contributed by atoms with Crippen molar-refractivity contribution in [2.45, 2.75) is 12.5 Å². The van der Waals surface area contributed by atoms with Crippen LogP contribution in [0.5, 0.6) is 0 Å². The summed E-state index contributed by atoms with van der Waals surface area (Å²) in [4.78, 5) is 22.5. The van der Waals surface area contributed by atoms with E-state index in [1.807, 2.05) is 30.3 Å². The van der Waals surface area contributed by atoms with E-state index < -0.39 is 23.6 Å². The standard InChI is InChI=1S/C23H15F2N5O3/c24-14-6-5-13(9-15(14)25)21-28-29-22(33-21)23(31)30-8-7-16-19(27-11-26-16)20(30)18-10-12-3-1-2-4-17(12)32-18/h1-6,9-11,20H,7-8H2,(H,26,27)/t20-/m1/s1. The lowest BCUT2D eigenvalue weighted by Gasteiger charge is -2.32. The summed E-state index contributed by atoms with van der Waals surface area (Å²) in [6, 6.07) is 12.0. The molecule has 1 N–H and O–H groups in total. The molecular weight excluding hydrogens is 432 g/mol. The van der Waals surface area contributed by atoms with Crippen molar-refractivity contribution >= 4 is 16.9 Å². The summed E-state index contributed by atoms with van der Waals surface area (Å²) in [5.41, 5.74) is 2.45. The Morgan fingerprint density at radius 1 is 1.06 bits per heavy atom. The maximum Gasteiger partial charge on any atom is 0.312 e. The predicted molar refractivity (Wildman–Crippen MR) is 111 cm³/mol. The van der Waals surface area contributed by atoms with E-state index in [2.05, 4.69) is 20.2 Å². The molecule has 6 rings (SSSR count). The van der Waals surface area contributed by atoms with Crippen molar-refractivity contribution in [1.29, 1.82) is 0 Å². The third-order valence-corrected chi connectivity index (χ3v) is 5.67. The van der Waals surface area contributed by atoms with Crippen LogP contribution in [0.1, 0.15) is 33.9 Å². The highest BCUT2D eigenvalue weighted by Crippen LogP contribution is 2.37. The Morgan fingerprint density at radius 3 is 2.79 bits per heavy atom. The van der Waals surface area contributed by atoms with E-state index in [1.165, 1.54) is 6.07 Å². The lowest BCUT2D eigenvalue weighted by molar-refractivity contribution is 0.0632. The second-order valence-corrected chi connectivity index (χ2v) is 7.65. The molecule has 4 heterocycles. The highest BCUT2D eigenvalue weighted by atomic mass is 19.2. The summed E-state index contributed by atoms with van der Waals surface area (Å²) in [5.74, 6) is -2.37. The van der Waals surface area contributed by atoms with Gasteiger partial charge in [-0.1, -0.05) is 18.2 Å². The number of para-hydroxylation sites is 1. The summed E-state index contributed by atoms with van der Waals surface area (Å²) in [6.07, 6.45) is 2.14. The molecule has 10 heteroatoms. The van der Waals surface area contributed by atoms with Gasteiger partial charge in [-0.2, -0.15) is 0 Å². The average Bonchev–Trinajstić information content (AvgIpc) is 3.58. The van der Waals surface area contributed by atoms with Gasteiger partial charge in [0.1, 0.15) is 17.4 Å². The molecule has 0 bridgehead atoms. The van der Waals surface area contributed by atoms with Crippen LogP contribution in [0.25, 0.3) is 22.4 Å². The first-order valence-electron chi connectivity index (χ1n) is 10.2. The number of carbonyl (C=O) groups is 1. The van der Waals surface area contributed by atoms with E-state index in [1.54, 1.807) is 11.2 Å². The number of amides is 1. The van der Waals surface area contributed by atoms with Crippen LogP contribution in [0.4, 0.5) is 8.78 Å². The molecule has 0 fully saturated rings. The van der Waals surface area contributed by atoms with Crippen molar-refractivity contribution in [3.63, 3.8) is 0 Å². The predicted octanol–water partition coefficient (Wildman–Crippen LogP) is 4.27. The lowest BCUT2D eigenvalue weighted by atomic mass is 10.00. The van der Waals surface area contributed by atoms with Crippen LogP contribution in [0.15, 0.2) is 63.7 Å². The molecule has 0 radical (unpaired) electrons. The van der Waals surface area contributed by atoms with Gasteiger partial charge in [0.05, 0.1) is 12.0 Å². The Balaban J connectivity index is 1.38. The smallest absolute Gasteiger partial charge is 0.312 e. The minimum absolute atomic E-state index is 0.0880. The van der Waals surface area contributed by atoms with Crippen LogP contribution in [-0.4, -0.2) is 37.5 Å². The fourth-order valence-electron chi connectivity index (χ4n) is 4.10. The quantitative estimate of drug-likeness (QED) is 0.443. The number of hydrogen-bond donors (Lipinski definition) is 1. The van der Waals surface area contributed by atoms with E-state index in [4.69, 9.17) is 8.83 Å². The molecule has 8 nitrogen and oxygen atoms in total. The monoisotopic (exact) mass is 447 g/mol. The molecule has 1 aliphatic heterocycles. The summed E-state index contributed by atoms with van der Waals surface area (Å²) >= 11 is 0. The zero-order chi connectivity index (χ0) is 22.5. The number of furan rings is 1. The molecule has 3 aromatic heterocycles. The van der Waals surface area contributed by atoms with Gasteiger partial charge in [0.25, 0.3) is 0 Å². The van der Waals surface area contributed by atoms with Gasteiger partial charge in [-0.3, -0.25) is 4.79 Å². The zero-order valence-corrected chi connectivity index (χ0v) is 17.0. The molecule has 33 heavy (non-hydrogen) atoms. The van der Waals surface area contributed by atoms with Crippen molar-refractivity contribution in [3.05, 3.63) is 89.5 Å². The summed E-state index contributed by atoms with van der Waals surface area (Å²) in [6.45, 7) is 0.360. The Morgan fingerprint density at radius 2 is 1.94 bits per heavy atom. The largest absolute Gasteiger partial charge is 0.458 e. The van der Waals surface area contributed by atoms with Crippen LogP contribution in [-0.2, 0) is 6.42 Å². The molecule has 0 aliphatic carbocycles. The molecule has 0 spiro atoms. The number of halogens is 2. The number of nitrogens with zero attached hydrogens (tertiary/aromatic N) is 4. The molecule has 5 aromatic rings. The zero-order valence-electron chi connectivity index (χ0n) is 17.0. The SMILES string of the molecule is O=C(c1nnc(-c2ccc(F)c(F)c2)o1)N1CCc2[nH]cnc2[C@H]1c1cc2ccccc2o1. The van der Waals surface area contributed by atoms with Crippen molar-refractivity contribution in [2.75, 3.05) is 6.54 Å². The van der Waals surface area contributed by atoms with Gasteiger partial charge < -0.3 is 18.7 Å². The highest BCUT2D eigenvalue weighted by Gasteiger charge is 2.38.